The smallest absolute Gasteiger partial charge is 0.0561 e. The number of benzene rings is 1. The summed E-state index contributed by atoms with van der Waals surface area (Å²) in [7, 11) is 0. The van der Waals surface area contributed by atoms with Gasteiger partial charge in [0.2, 0.25) is 0 Å². The van der Waals surface area contributed by atoms with Crippen molar-refractivity contribution in [1.82, 2.24) is 0 Å². The number of hydrogen-bond acceptors (Lipinski definition) is 2. The Bertz CT molecular complexity index is 181. The van der Waals surface area contributed by atoms with Crippen molar-refractivity contribution in [2.45, 2.75) is 0 Å². The van der Waals surface area contributed by atoms with Crippen LogP contribution in [-0.4, -0.2) is 6.72 Å². The van der Waals surface area contributed by atoms with E-state index < -0.39 is 0 Å². The van der Waals surface area contributed by atoms with E-state index in [0.29, 0.717) is 0 Å². The van der Waals surface area contributed by atoms with E-state index in [9.17, 15) is 0 Å². The highest BCUT2D eigenvalue weighted by Gasteiger charge is 1.80. The molecule has 2 nitrogen and oxygen atoms in total. The van der Waals surface area contributed by atoms with E-state index in [1.807, 2.05) is 30.3 Å². The minimum atomic E-state index is 0.965. The van der Waals surface area contributed by atoms with E-state index in [1.165, 1.54) is 0 Å². The van der Waals surface area contributed by atoms with Gasteiger partial charge in [0.15, 0.2) is 0 Å². The molecular weight excluding hydrogens is 112 g/mol. The summed E-state index contributed by atoms with van der Waals surface area (Å²) >= 11 is 0. The van der Waals surface area contributed by atoms with E-state index in [0.717, 1.165) is 5.69 Å². The van der Waals surface area contributed by atoms with Crippen LogP contribution in [0.25, 0.3) is 0 Å². The molecule has 0 bridgehead atoms. The Kier molecular flexibility index (Phi) is 1.85. The lowest BCUT2D eigenvalue weighted by molar-refractivity contribution is 1.37. The van der Waals surface area contributed by atoms with Crippen LogP contribution >= 0.6 is 0 Å². The van der Waals surface area contributed by atoms with Gasteiger partial charge in [0.1, 0.15) is 0 Å². The molecule has 0 radical (unpaired) electrons. The molecule has 0 atom stereocenters. The van der Waals surface area contributed by atoms with Crippen molar-refractivity contribution in [3.63, 3.8) is 0 Å². The highest BCUT2D eigenvalue weighted by Crippen LogP contribution is 2.03. The molecule has 0 aromatic heterocycles. The molecule has 0 spiro atoms. The van der Waals surface area contributed by atoms with Gasteiger partial charge in [0.05, 0.1) is 5.69 Å². The van der Waals surface area contributed by atoms with Crippen molar-refractivity contribution in [1.29, 1.82) is 0 Å². The van der Waals surface area contributed by atoms with E-state index in [-0.39, 0.29) is 0 Å². The first kappa shape index (κ1) is 5.82. The largest absolute Gasteiger partial charge is 0.279 e. The molecule has 46 valence electrons. The topological polar surface area (TPSA) is 24.4 Å². The second-order valence-corrected chi connectivity index (χ2v) is 1.64. The Balaban J connectivity index is 2.72. The number of hydrazone groups is 1. The lowest BCUT2D eigenvalue weighted by Gasteiger charge is -1.94. The monoisotopic (exact) mass is 120 g/mol. The fourth-order valence-electron chi connectivity index (χ4n) is 0.604. The zero-order chi connectivity index (χ0) is 6.53. The average Bonchev–Trinajstić information content (AvgIpc) is 1.91. The van der Waals surface area contributed by atoms with Gasteiger partial charge in [0, 0.05) is 6.72 Å². The van der Waals surface area contributed by atoms with Crippen LogP contribution in [0.1, 0.15) is 0 Å². The number of para-hydroxylation sites is 1. The summed E-state index contributed by atoms with van der Waals surface area (Å²) < 4.78 is 0. The predicted molar refractivity (Wildman–Crippen MR) is 39.6 cm³/mol. The SMILES string of the molecule is C=NNc1ccccc1. The van der Waals surface area contributed by atoms with Crippen LogP contribution in [0.15, 0.2) is 35.4 Å². The molecule has 0 heterocycles. The van der Waals surface area contributed by atoms with Crippen LogP contribution in [0, 0.1) is 0 Å². The van der Waals surface area contributed by atoms with Gasteiger partial charge in [-0.3, -0.25) is 5.43 Å². The minimum absolute atomic E-state index is 0.965. The third kappa shape index (κ3) is 1.57. The maximum absolute atomic E-state index is 3.51. The fourth-order valence-corrected chi connectivity index (χ4v) is 0.604. The molecule has 0 saturated carbocycles. The fraction of sp³-hybridized carbons (Fsp3) is 0. The standard InChI is InChI=1S/C7H8N2/c1-8-9-7-5-3-2-4-6-7/h2-6,9H,1H2. The van der Waals surface area contributed by atoms with Crippen molar-refractivity contribution in [3.05, 3.63) is 30.3 Å². The van der Waals surface area contributed by atoms with Gasteiger partial charge < -0.3 is 0 Å². The molecule has 2 heteroatoms. The molecule has 0 aliphatic rings. The molecule has 0 aliphatic heterocycles. The maximum atomic E-state index is 3.51. The maximum Gasteiger partial charge on any atom is 0.0561 e. The molecule has 0 aliphatic carbocycles. The van der Waals surface area contributed by atoms with Gasteiger partial charge in [-0.25, -0.2) is 0 Å². The van der Waals surface area contributed by atoms with Crippen molar-refractivity contribution in [2.75, 3.05) is 5.43 Å². The molecule has 9 heavy (non-hydrogen) atoms. The van der Waals surface area contributed by atoms with E-state index in [4.69, 9.17) is 0 Å². The van der Waals surface area contributed by atoms with Gasteiger partial charge in [-0.1, -0.05) is 18.2 Å². The summed E-state index contributed by atoms with van der Waals surface area (Å²) in [4.78, 5) is 0. The Morgan fingerprint density at radius 1 is 1.22 bits per heavy atom. The van der Waals surface area contributed by atoms with Crippen molar-refractivity contribution in [3.8, 4) is 0 Å². The molecule has 1 N–H and O–H groups in total. The normalized spacial score (nSPS) is 8.44. The molecular formula is C7H8N2. The Labute approximate surface area is 54.2 Å². The summed E-state index contributed by atoms with van der Waals surface area (Å²) in [6, 6.07) is 9.68. The van der Waals surface area contributed by atoms with Gasteiger partial charge in [-0.15, -0.1) is 0 Å². The van der Waals surface area contributed by atoms with Gasteiger partial charge in [0.25, 0.3) is 0 Å². The zero-order valence-corrected chi connectivity index (χ0v) is 5.04. The summed E-state index contributed by atoms with van der Waals surface area (Å²) in [6.07, 6.45) is 0. The first-order chi connectivity index (χ1) is 4.43. The molecule has 0 amide bonds. The van der Waals surface area contributed by atoms with Crippen molar-refractivity contribution < 1.29 is 0 Å². The molecule has 1 rings (SSSR count). The highest BCUT2D eigenvalue weighted by molar-refractivity contribution is 5.43. The van der Waals surface area contributed by atoms with Crippen LogP contribution in [0.4, 0.5) is 5.69 Å². The first-order valence-corrected chi connectivity index (χ1v) is 2.70. The number of hydrogen-bond donors (Lipinski definition) is 1. The highest BCUT2D eigenvalue weighted by atomic mass is 15.3. The third-order valence-electron chi connectivity index (χ3n) is 0.982. The van der Waals surface area contributed by atoms with Crippen molar-refractivity contribution >= 4 is 12.4 Å². The summed E-state index contributed by atoms with van der Waals surface area (Å²) in [5.41, 5.74) is 3.69. The number of nitrogens with zero attached hydrogens (tertiary/aromatic N) is 1. The summed E-state index contributed by atoms with van der Waals surface area (Å²) in [5.74, 6) is 0. The lowest BCUT2D eigenvalue weighted by Crippen LogP contribution is -1.83. The summed E-state index contributed by atoms with van der Waals surface area (Å²) in [5, 5.41) is 3.51. The molecule has 1 aromatic rings. The van der Waals surface area contributed by atoms with Gasteiger partial charge in [-0.2, -0.15) is 5.10 Å². The van der Waals surface area contributed by atoms with E-state index in [2.05, 4.69) is 17.2 Å². The Hall–Kier alpha value is -1.31. The first-order valence-electron chi connectivity index (χ1n) is 2.70. The second kappa shape index (κ2) is 2.87. The quantitative estimate of drug-likeness (QED) is 0.466. The number of anilines is 1. The van der Waals surface area contributed by atoms with Crippen LogP contribution < -0.4 is 5.43 Å². The van der Waals surface area contributed by atoms with E-state index in [1.54, 1.807) is 0 Å². The third-order valence-corrected chi connectivity index (χ3v) is 0.982. The van der Waals surface area contributed by atoms with Gasteiger partial charge >= 0.3 is 0 Å². The van der Waals surface area contributed by atoms with Crippen LogP contribution in [0.2, 0.25) is 0 Å². The molecule has 1 aromatic carbocycles. The Morgan fingerprint density at radius 3 is 2.44 bits per heavy atom. The summed E-state index contributed by atoms with van der Waals surface area (Å²) in [6.45, 7) is 3.29. The van der Waals surface area contributed by atoms with Crippen LogP contribution in [-0.2, 0) is 0 Å². The Morgan fingerprint density at radius 2 is 1.89 bits per heavy atom. The van der Waals surface area contributed by atoms with Crippen LogP contribution in [0.5, 0.6) is 0 Å². The lowest BCUT2D eigenvalue weighted by atomic mass is 10.3. The zero-order valence-electron chi connectivity index (χ0n) is 5.04. The molecule has 0 fully saturated rings. The van der Waals surface area contributed by atoms with Crippen molar-refractivity contribution in [2.24, 2.45) is 5.10 Å². The van der Waals surface area contributed by atoms with Crippen LogP contribution in [0.3, 0.4) is 0 Å². The van der Waals surface area contributed by atoms with E-state index >= 15 is 0 Å². The second-order valence-electron chi connectivity index (χ2n) is 1.64. The number of nitrogens with one attached hydrogen (secondary N) is 1. The number of rotatable bonds is 2. The molecule has 0 saturated heterocycles. The predicted octanol–water partition coefficient (Wildman–Crippen LogP) is 1.71. The van der Waals surface area contributed by atoms with Gasteiger partial charge in [-0.05, 0) is 12.1 Å². The minimum Gasteiger partial charge on any atom is -0.279 e. The average molecular weight is 120 g/mol. The molecule has 0 unspecified atom stereocenters.